The van der Waals surface area contributed by atoms with Crippen LogP contribution in [0.2, 0.25) is 0 Å². The van der Waals surface area contributed by atoms with Crippen molar-refractivity contribution in [3.8, 4) is 0 Å². The number of aromatic nitrogens is 2. The van der Waals surface area contributed by atoms with E-state index >= 15 is 0 Å². The number of hydrogen-bond donors (Lipinski definition) is 1. The average molecular weight is 296 g/mol. The third-order valence-corrected chi connectivity index (χ3v) is 6.24. The van der Waals surface area contributed by atoms with Crippen molar-refractivity contribution in [3.05, 3.63) is 24.0 Å². The Morgan fingerprint density at radius 1 is 1.42 bits per heavy atom. The Bertz CT molecular complexity index is 728. The molecule has 1 aromatic heterocycles. The summed E-state index contributed by atoms with van der Waals surface area (Å²) >= 11 is 1.91. The molecule has 2 aromatic rings. The topological polar surface area (TPSA) is 62.8 Å². The van der Waals surface area contributed by atoms with Crippen molar-refractivity contribution in [3.63, 3.8) is 0 Å². The summed E-state index contributed by atoms with van der Waals surface area (Å²) in [5, 5.41) is 0. The summed E-state index contributed by atoms with van der Waals surface area (Å²) in [6.07, 6.45) is 3.53. The smallest absolute Gasteiger partial charge is 0.175 e. The second kappa shape index (κ2) is 4.24. The normalized spacial score (nSPS) is 24.1. The number of H-pyrrole nitrogens is 1. The Balaban J connectivity index is 2.11. The van der Waals surface area contributed by atoms with Crippen LogP contribution in [0.15, 0.2) is 23.1 Å². The molecular weight excluding hydrogens is 280 g/mol. The Hall–Kier alpha value is -1.01. The number of nitrogens with one attached hydrogen (secondary N) is 1. The van der Waals surface area contributed by atoms with Crippen LogP contribution in [0.4, 0.5) is 0 Å². The van der Waals surface area contributed by atoms with E-state index in [1.807, 2.05) is 11.8 Å². The van der Waals surface area contributed by atoms with Gasteiger partial charge in [0.05, 0.1) is 20.7 Å². The van der Waals surface area contributed by atoms with Gasteiger partial charge in [-0.1, -0.05) is 0 Å². The number of hydrogen-bond acceptors (Lipinski definition) is 4. The quantitative estimate of drug-likeness (QED) is 0.925. The van der Waals surface area contributed by atoms with Gasteiger partial charge in [0.25, 0.3) is 0 Å². The molecule has 2 heterocycles. The molecule has 1 N–H and O–H groups in total. The molecule has 1 aliphatic rings. The molecule has 0 amide bonds. The maximum absolute atomic E-state index is 11.6. The van der Waals surface area contributed by atoms with Crippen molar-refractivity contribution >= 4 is 32.6 Å². The highest BCUT2D eigenvalue weighted by molar-refractivity contribution is 8.00. The van der Waals surface area contributed by atoms with Crippen LogP contribution in [0, 0.1) is 0 Å². The third-order valence-electron chi connectivity index (χ3n) is 3.60. The van der Waals surface area contributed by atoms with Gasteiger partial charge in [-0.15, -0.1) is 11.8 Å². The van der Waals surface area contributed by atoms with Gasteiger partial charge in [0.1, 0.15) is 5.82 Å². The Labute approximate surface area is 116 Å². The number of imidazole rings is 1. The predicted molar refractivity (Wildman–Crippen MR) is 78.2 cm³/mol. The molecule has 0 radical (unpaired) electrons. The van der Waals surface area contributed by atoms with Gasteiger partial charge in [-0.2, -0.15) is 0 Å². The standard InChI is InChI=1S/C13H16N2O2S2/c1-13(6-3-7-18-13)12-14-10-5-4-9(19(2,16)17)8-11(10)15-12/h4-5,8H,3,6-7H2,1-2H3,(H,14,15). The zero-order valence-electron chi connectivity index (χ0n) is 10.9. The fourth-order valence-electron chi connectivity index (χ4n) is 2.44. The molecular formula is C13H16N2O2S2. The zero-order chi connectivity index (χ0) is 13.7. The second-order valence-corrected chi connectivity index (χ2v) is 8.83. The zero-order valence-corrected chi connectivity index (χ0v) is 12.6. The van der Waals surface area contributed by atoms with Crippen molar-refractivity contribution in [1.82, 2.24) is 9.97 Å². The third kappa shape index (κ3) is 2.27. The van der Waals surface area contributed by atoms with Crippen LogP contribution in [0.1, 0.15) is 25.6 Å². The van der Waals surface area contributed by atoms with Crippen LogP contribution in [0.3, 0.4) is 0 Å². The highest BCUT2D eigenvalue weighted by atomic mass is 32.2. The van der Waals surface area contributed by atoms with E-state index in [2.05, 4.69) is 16.9 Å². The van der Waals surface area contributed by atoms with Crippen LogP contribution in [-0.2, 0) is 14.6 Å². The maximum Gasteiger partial charge on any atom is 0.175 e. The van der Waals surface area contributed by atoms with Gasteiger partial charge in [0.15, 0.2) is 9.84 Å². The molecule has 3 rings (SSSR count). The van der Waals surface area contributed by atoms with Crippen molar-refractivity contribution in [2.45, 2.75) is 29.4 Å². The van der Waals surface area contributed by atoms with Crippen LogP contribution >= 0.6 is 11.8 Å². The monoisotopic (exact) mass is 296 g/mol. The Morgan fingerprint density at radius 2 is 2.21 bits per heavy atom. The molecule has 1 atom stereocenters. The van der Waals surface area contributed by atoms with Gasteiger partial charge in [-0.25, -0.2) is 13.4 Å². The van der Waals surface area contributed by atoms with E-state index in [4.69, 9.17) is 0 Å². The number of thioether (sulfide) groups is 1. The number of rotatable bonds is 2. The summed E-state index contributed by atoms with van der Waals surface area (Å²) in [6.45, 7) is 2.19. The summed E-state index contributed by atoms with van der Waals surface area (Å²) in [5.41, 5.74) is 1.63. The first-order chi connectivity index (χ1) is 8.88. The van der Waals surface area contributed by atoms with E-state index in [-0.39, 0.29) is 4.75 Å². The minimum Gasteiger partial charge on any atom is -0.341 e. The molecule has 4 nitrogen and oxygen atoms in total. The molecule has 1 aromatic carbocycles. The van der Waals surface area contributed by atoms with Crippen molar-refractivity contribution < 1.29 is 8.42 Å². The fraction of sp³-hybridized carbons (Fsp3) is 0.462. The number of fused-ring (bicyclic) bond motifs is 1. The molecule has 1 unspecified atom stereocenters. The Kier molecular flexibility index (Phi) is 2.90. The minimum atomic E-state index is -3.17. The molecule has 0 aliphatic carbocycles. The molecule has 0 spiro atoms. The lowest BCUT2D eigenvalue weighted by Crippen LogP contribution is -2.14. The van der Waals surface area contributed by atoms with E-state index in [1.54, 1.807) is 18.2 Å². The van der Waals surface area contributed by atoms with Gasteiger partial charge in [-0.3, -0.25) is 0 Å². The largest absolute Gasteiger partial charge is 0.341 e. The van der Waals surface area contributed by atoms with Gasteiger partial charge in [0, 0.05) is 6.26 Å². The van der Waals surface area contributed by atoms with Gasteiger partial charge >= 0.3 is 0 Å². The highest BCUT2D eigenvalue weighted by Gasteiger charge is 2.34. The van der Waals surface area contributed by atoms with E-state index in [0.717, 1.165) is 29.0 Å². The van der Waals surface area contributed by atoms with Crippen molar-refractivity contribution in [2.75, 3.05) is 12.0 Å². The summed E-state index contributed by atoms with van der Waals surface area (Å²) < 4.78 is 23.2. The molecule has 0 saturated carbocycles. The molecule has 1 fully saturated rings. The van der Waals surface area contributed by atoms with Gasteiger partial charge in [0.2, 0.25) is 0 Å². The molecule has 102 valence electrons. The SMILES string of the molecule is CC1(c2nc3ccc(S(C)(=O)=O)cc3[nH]2)CCCS1. The molecule has 1 saturated heterocycles. The lowest BCUT2D eigenvalue weighted by atomic mass is 10.1. The van der Waals surface area contributed by atoms with Gasteiger partial charge in [-0.05, 0) is 43.7 Å². The summed E-state index contributed by atoms with van der Waals surface area (Å²) in [4.78, 5) is 8.25. The summed E-state index contributed by atoms with van der Waals surface area (Å²) in [5.74, 6) is 2.11. The van der Waals surface area contributed by atoms with Crippen LogP contribution in [0.5, 0.6) is 0 Å². The van der Waals surface area contributed by atoms with Crippen LogP contribution < -0.4 is 0 Å². The van der Waals surface area contributed by atoms with E-state index in [9.17, 15) is 8.42 Å². The lowest BCUT2D eigenvalue weighted by Gasteiger charge is -2.18. The predicted octanol–water partition coefficient (Wildman–Crippen LogP) is 2.71. The minimum absolute atomic E-state index is 0.0320. The second-order valence-electron chi connectivity index (χ2n) is 5.22. The molecule has 6 heteroatoms. The molecule has 0 bridgehead atoms. The van der Waals surface area contributed by atoms with E-state index in [1.165, 1.54) is 12.7 Å². The molecule has 1 aliphatic heterocycles. The first kappa shape index (κ1) is 13.0. The van der Waals surface area contributed by atoms with E-state index in [0.29, 0.717) is 4.90 Å². The fourth-order valence-corrected chi connectivity index (χ4v) is 4.34. The maximum atomic E-state index is 11.6. The number of nitrogens with zero attached hydrogens (tertiary/aromatic N) is 1. The first-order valence-electron chi connectivity index (χ1n) is 6.23. The van der Waals surface area contributed by atoms with Gasteiger partial charge < -0.3 is 4.98 Å². The van der Waals surface area contributed by atoms with E-state index < -0.39 is 9.84 Å². The summed E-state index contributed by atoms with van der Waals surface area (Å²) in [6, 6.07) is 5.06. The summed E-state index contributed by atoms with van der Waals surface area (Å²) in [7, 11) is -3.17. The first-order valence-corrected chi connectivity index (χ1v) is 9.10. The Morgan fingerprint density at radius 3 is 2.84 bits per heavy atom. The number of benzene rings is 1. The lowest BCUT2D eigenvalue weighted by molar-refractivity contribution is 0.602. The van der Waals surface area contributed by atoms with Crippen LogP contribution in [-0.4, -0.2) is 30.4 Å². The van der Waals surface area contributed by atoms with Crippen LogP contribution in [0.25, 0.3) is 11.0 Å². The number of sulfone groups is 1. The number of aromatic amines is 1. The van der Waals surface area contributed by atoms with Crippen molar-refractivity contribution in [2.24, 2.45) is 0 Å². The van der Waals surface area contributed by atoms with Crippen molar-refractivity contribution in [1.29, 1.82) is 0 Å². The molecule has 19 heavy (non-hydrogen) atoms. The highest BCUT2D eigenvalue weighted by Crippen LogP contribution is 2.45. The average Bonchev–Trinajstić information content (AvgIpc) is 2.93.